The number of carbonyl (C=O) groups excluding carboxylic acids is 1. The van der Waals surface area contributed by atoms with E-state index in [2.05, 4.69) is 0 Å². The third kappa shape index (κ3) is 1.76. The van der Waals surface area contributed by atoms with Crippen LogP contribution in [0.25, 0.3) is 0 Å². The van der Waals surface area contributed by atoms with Crippen molar-refractivity contribution in [3.8, 4) is 5.75 Å². The summed E-state index contributed by atoms with van der Waals surface area (Å²) in [6.45, 7) is 0. The molecule has 4 heteroatoms. The lowest BCUT2D eigenvalue weighted by atomic mass is 9.48. The summed E-state index contributed by atoms with van der Waals surface area (Å²) >= 11 is 0. The topological polar surface area (TPSA) is 83.6 Å². The van der Waals surface area contributed by atoms with Gasteiger partial charge < -0.3 is 15.9 Å². The van der Waals surface area contributed by atoms with Crippen LogP contribution in [0.1, 0.15) is 60.0 Å². The fourth-order valence-electron chi connectivity index (χ4n) is 5.67. The van der Waals surface area contributed by atoms with E-state index in [1.165, 1.54) is 6.42 Å². The maximum atomic E-state index is 11.6. The molecule has 0 aliphatic heterocycles. The van der Waals surface area contributed by atoms with Gasteiger partial charge in [0, 0.05) is 11.0 Å². The molecule has 0 unspecified atom stereocenters. The van der Waals surface area contributed by atoms with Crippen LogP contribution in [0.4, 0.5) is 0 Å². The van der Waals surface area contributed by atoms with E-state index < -0.39 is 5.91 Å². The minimum Gasteiger partial charge on any atom is -0.507 e. The molecular weight excluding hydrogens is 278 g/mol. The van der Waals surface area contributed by atoms with Crippen LogP contribution in [0, 0.1) is 11.8 Å². The van der Waals surface area contributed by atoms with E-state index in [1.807, 2.05) is 6.07 Å². The summed E-state index contributed by atoms with van der Waals surface area (Å²) < 4.78 is 0. The number of hydrogen-bond acceptors (Lipinski definition) is 3. The van der Waals surface area contributed by atoms with Gasteiger partial charge in [0.2, 0.25) is 0 Å². The van der Waals surface area contributed by atoms with Gasteiger partial charge in [-0.2, -0.15) is 0 Å². The fourth-order valence-corrected chi connectivity index (χ4v) is 5.67. The van der Waals surface area contributed by atoms with Gasteiger partial charge in [0.25, 0.3) is 5.91 Å². The molecule has 3 aliphatic rings. The Morgan fingerprint density at radius 3 is 2.86 bits per heavy atom. The first-order valence-corrected chi connectivity index (χ1v) is 8.36. The Labute approximate surface area is 130 Å². The summed E-state index contributed by atoms with van der Waals surface area (Å²) in [5, 5.41) is 21.0. The Hall–Kier alpha value is -1.55. The molecule has 4 nitrogen and oxygen atoms in total. The molecule has 0 saturated heterocycles. The summed E-state index contributed by atoms with van der Waals surface area (Å²) in [5.41, 5.74) is 7.55. The average Bonchev–Trinajstić information content (AvgIpc) is 2.45. The first-order valence-electron chi connectivity index (χ1n) is 8.36. The monoisotopic (exact) mass is 301 g/mol. The van der Waals surface area contributed by atoms with E-state index in [0.717, 1.165) is 43.2 Å². The number of nitrogens with two attached hydrogens (primary N) is 1. The number of hydrogen-bond donors (Lipinski definition) is 3. The summed E-state index contributed by atoms with van der Waals surface area (Å²) in [7, 11) is 0. The molecule has 4 N–H and O–H groups in total. The maximum absolute atomic E-state index is 11.6. The Kier molecular flexibility index (Phi) is 3.02. The van der Waals surface area contributed by atoms with Gasteiger partial charge >= 0.3 is 0 Å². The lowest BCUT2D eigenvalue weighted by Crippen LogP contribution is -2.52. The Morgan fingerprint density at radius 2 is 2.09 bits per heavy atom. The Bertz CT molecular complexity index is 641. The number of phenols is 1. The van der Waals surface area contributed by atoms with E-state index in [-0.39, 0.29) is 22.8 Å². The summed E-state index contributed by atoms with van der Waals surface area (Å²) in [6.07, 6.45) is 6.61. The molecule has 2 saturated carbocycles. The standard InChI is InChI=1S/C18H23NO3/c19-17(22)13-5-3-11-8-10-2-1-7-18(15(11)16(13)21)9-12(20)4-6-14(10)18/h3,5,10,12,14,20-21H,1-2,4,6-9H2,(H2,19,22)/t10-,12+,14+,18+/m1/s1. The van der Waals surface area contributed by atoms with Crippen LogP contribution in [0.15, 0.2) is 12.1 Å². The molecule has 118 valence electrons. The van der Waals surface area contributed by atoms with E-state index in [9.17, 15) is 15.0 Å². The summed E-state index contributed by atoms with van der Waals surface area (Å²) in [4.78, 5) is 11.6. The zero-order valence-corrected chi connectivity index (χ0v) is 12.7. The molecule has 3 aliphatic carbocycles. The molecule has 1 aromatic rings. The average molecular weight is 301 g/mol. The normalized spacial score (nSPS) is 36.3. The van der Waals surface area contributed by atoms with Crippen molar-refractivity contribution in [3.05, 3.63) is 28.8 Å². The predicted molar refractivity (Wildman–Crippen MR) is 82.7 cm³/mol. The smallest absolute Gasteiger partial charge is 0.252 e. The maximum Gasteiger partial charge on any atom is 0.252 e. The summed E-state index contributed by atoms with van der Waals surface area (Å²) in [5.74, 6) is 0.658. The minimum absolute atomic E-state index is 0.0736. The second-order valence-electron chi connectivity index (χ2n) is 7.41. The van der Waals surface area contributed by atoms with Crippen molar-refractivity contribution >= 4 is 5.91 Å². The predicted octanol–water partition coefficient (Wildman–Crippen LogP) is 2.25. The third-order valence-corrected chi connectivity index (χ3v) is 6.40. The van der Waals surface area contributed by atoms with Gasteiger partial charge in [0.15, 0.2) is 0 Å². The molecule has 0 aromatic heterocycles. The molecule has 2 fully saturated rings. The van der Waals surface area contributed by atoms with E-state index in [4.69, 9.17) is 5.73 Å². The SMILES string of the molecule is NC(=O)c1ccc2c(c1O)[C@]13CCC[C@H](C2)[C@@H]1CC[C@H](O)C3. The van der Waals surface area contributed by atoms with Gasteiger partial charge in [-0.15, -0.1) is 0 Å². The van der Waals surface area contributed by atoms with Crippen LogP contribution in [0.2, 0.25) is 0 Å². The lowest BCUT2D eigenvalue weighted by molar-refractivity contribution is -0.0134. The number of primary amides is 1. The van der Waals surface area contributed by atoms with Gasteiger partial charge in [0.05, 0.1) is 11.7 Å². The van der Waals surface area contributed by atoms with Crippen LogP contribution in [0.5, 0.6) is 5.75 Å². The molecule has 22 heavy (non-hydrogen) atoms. The van der Waals surface area contributed by atoms with Gasteiger partial charge in [-0.3, -0.25) is 4.79 Å². The van der Waals surface area contributed by atoms with Crippen molar-refractivity contribution < 1.29 is 15.0 Å². The second kappa shape index (κ2) is 4.72. The van der Waals surface area contributed by atoms with Crippen molar-refractivity contribution in [2.45, 2.75) is 56.5 Å². The van der Waals surface area contributed by atoms with E-state index in [0.29, 0.717) is 18.3 Å². The molecule has 1 aromatic carbocycles. The Balaban J connectivity index is 1.95. The molecule has 4 atom stereocenters. The minimum atomic E-state index is -0.581. The number of aromatic hydroxyl groups is 1. The van der Waals surface area contributed by atoms with Gasteiger partial charge in [-0.25, -0.2) is 0 Å². The number of carbonyl (C=O) groups is 1. The zero-order chi connectivity index (χ0) is 15.5. The number of aliphatic hydroxyl groups is 1. The van der Waals surface area contributed by atoms with Gasteiger partial charge in [-0.05, 0) is 62.0 Å². The van der Waals surface area contributed by atoms with Crippen LogP contribution < -0.4 is 5.73 Å². The van der Waals surface area contributed by atoms with E-state index in [1.54, 1.807) is 6.07 Å². The molecule has 1 amide bonds. The van der Waals surface area contributed by atoms with Crippen LogP contribution >= 0.6 is 0 Å². The number of fused-ring (bicyclic) bond motifs is 1. The van der Waals surface area contributed by atoms with Crippen LogP contribution in [-0.2, 0) is 11.8 Å². The van der Waals surface area contributed by atoms with Crippen LogP contribution in [0.3, 0.4) is 0 Å². The molecular formula is C18H23NO3. The molecule has 2 bridgehead atoms. The van der Waals surface area contributed by atoms with Gasteiger partial charge in [-0.1, -0.05) is 12.5 Å². The molecule has 0 radical (unpaired) electrons. The zero-order valence-electron chi connectivity index (χ0n) is 12.7. The quantitative estimate of drug-likeness (QED) is 0.744. The number of amides is 1. The largest absolute Gasteiger partial charge is 0.507 e. The number of benzene rings is 1. The van der Waals surface area contributed by atoms with Crippen molar-refractivity contribution in [2.24, 2.45) is 17.6 Å². The van der Waals surface area contributed by atoms with E-state index >= 15 is 0 Å². The molecule has 0 spiro atoms. The van der Waals surface area contributed by atoms with Gasteiger partial charge in [0.1, 0.15) is 5.75 Å². The Morgan fingerprint density at radius 1 is 1.27 bits per heavy atom. The fraction of sp³-hybridized carbons (Fsp3) is 0.611. The second-order valence-corrected chi connectivity index (χ2v) is 7.41. The van der Waals surface area contributed by atoms with Crippen molar-refractivity contribution in [1.82, 2.24) is 0 Å². The van der Waals surface area contributed by atoms with Crippen molar-refractivity contribution in [1.29, 1.82) is 0 Å². The summed E-state index contributed by atoms with van der Waals surface area (Å²) in [6, 6.07) is 3.62. The first-order chi connectivity index (χ1) is 10.5. The molecule has 4 rings (SSSR count). The van der Waals surface area contributed by atoms with Crippen molar-refractivity contribution in [2.75, 3.05) is 0 Å². The van der Waals surface area contributed by atoms with Crippen molar-refractivity contribution in [3.63, 3.8) is 0 Å². The van der Waals surface area contributed by atoms with Crippen LogP contribution in [-0.4, -0.2) is 22.2 Å². The highest BCUT2D eigenvalue weighted by molar-refractivity contribution is 5.96. The highest BCUT2D eigenvalue weighted by atomic mass is 16.3. The first kappa shape index (κ1) is 14.1. The molecule has 0 heterocycles. The lowest BCUT2D eigenvalue weighted by Gasteiger charge is -2.56. The highest BCUT2D eigenvalue weighted by Gasteiger charge is 2.54. The number of rotatable bonds is 1. The number of aliphatic hydroxyl groups excluding tert-OH is 1. The third-order valence-electron chi connectivity index (χ3n) is 6.40. The highest BCUT2D eigenvalue weighted by Crippen LogP contribution is 2.60.